The number of rotatable bonds is 3. The van der Waals surface area contributed by atoms with Gasteiger partial charge in [0.2, 0.25) is 0 Å². The molecule has 0 radical (unpaired) electrons. The zero-order valence-corrected chi connectivity index (χ0v) is 15.4. The fraction of sp³-hybridized carbons (Fsp3) is 0. The maximum Gasteiger partial charge on any atom is 0.181 e. The highest BCUT2D eigenvalue weighted by atomic mass is 16.3. The summed E-state index contributed by atoms with van der Waals surface area (Å²) in [6, 6.07) is 7.30. The third-order valence-corrected chi connectivity index (χ3v) is 4.90. The number of nitrogens with zero attached hydrogens (tertiary/aromatic N) is 5. The highest BCUT2D eigenvalue weighted by molar-refractivity contribution is 5.96. The Labute approximate surface area is 168 Å². The van der Waals surface area contributed by atoms with Crippen molar-refractivity contribution < 1.29 is 9.52 Å². The Morgan fingerprint density at radius 3 is 2.77 bits per heavy atom. The van der Waals surface area contributed by atoms with Crippen LogP contribution >= 0.6 is 0 Å². The average Bonchev–Trinajstić information content (AvgIpc) is 3.51. The minimum absolute atomic E-state index is 0.0941. The van der Waals surface area contributed by atoms with Gasteiger partial charge in [-0.15, -0.1) is 0 Å². The molecule has 0 spiro atoms. The van der Waals surface area contributed by atoms with Crippen LogP contribution in [0.15, 0.2) is 66.0 Å². The van der Waals surface area contributed by atoms with Gasteiger partial charge >= 0.3 is 0 Å². The topological polar surface area (TPSA) is 129 Å². The molecular formula is C21H13N7O2. The monoisotopic (exact) mass is 395 g/mol. The standard InChI is InChI=1S/C21H13N7O2/c29-14-5-12(7-22-9-14)13-6-15-18(27-28-20(15)24-8-13)21-25-16-1-3-23-17(19(16)26-21)11-2-4-30-10-11/h1-10,29H,(H,25,26)(H,24,27,28). The molecule has 0 atom stereocenters. The van der Waals surface area contributed by atoms with E-state index >= 15 is 0 Å². The Hall–Kier alpha value is -4.53. The van der Waals surface area contributed by atoms with E-state index in [1.165, 1.54) is 6.20 Å². The lowest BCUT2D eigenvalue weighted by Gasteiger charge is -2.02. The molecule has 9 heteroatoms. The third-order valence-electron chi connectivity index (χ3n) is 4.90. The minimum atomic E-state index is 0.0941. The van der Waals surface area contributed by atoms with Crippen LogP contribution in [0.5, 0.6) is 5.75 Å². The molecule has 6 aromatic rings. The molecule has 0 bridgehead atoms. The van der Waals surface area contributed by atoms with E-state index in [1.54, 1.807) is 37.2 Å². The van der Waals surface area contributed by atoms with Gasteiger partial charge in [-0.2, -0.15) is 5.10 Å². The number of pyridine rings is 3. The number of hydrogen-bond donors (Lipinski definition) is 3. The summed E-state index contributed by atoms with van der Waals surface area (Å²) < 4.78 is 5.19. The Morgan fingerprint density at radius 1 is 0.967 bits per heavy atom. The van der Waals surface area contributed by atoms with Crippen molar-refractivity contribution in [3.05, 3.63) is 61.6 Å². The molecule has 0 saturated carbocycles. The smallest absolute Gasteiger partial charge is 0.181 e. The maximum absolute atomic E-state index is 9.74. The number of fused-ring (bicyclic) bond motifs is 2. The van der Waals surface area contributed by atoms with Gasteiger partial charge in [-0.25, -0.2) is 9.97 Å². The van der Waals surface area contributed by atoms with E-state index in [0.717, 1.165) is 38.8 Å². The number of imidazole rings is 1. The van der Waals surface area contributed by atoms with Crippen LogP contribution in [0.1, 0.15) is 0 Å². The molecule has 0 aromatic carbocycles. The summed E-state index contributed by atoms with van der Waals surface area (Å²) in [4.78, 5) is 21.0. The van der Waals surface area contributed by atoms with E-state index in [1.807, 2.05) is 18.2 Å². The molecule has 0 aliphatic carbocycles. The fourth-order valence-electron chi connectivity index (χ4n) is 3.49. The van der Waals surface area contributed by atoms with Gasteiger partial charge in [-0.3, -0.25) is 15.1 Å². The normalized spacial score (nSPS) is 11.5. The molecule has 0 fully saturated rings. The fourth-order valence-corrected chi connectivity index (χ4v) is 3.49. The van der Waals surface area contributed by atoms with E-state index in [4.69, 9.17) is 9.40 Å². The first kappa shape index (κ1) is 16.4. The first-order chi connectivity index (χ1) is 14.8. The van der Waals surface area contributed by atoms with Crippen LogP contribution in [0.25, 0.3) is 56.0 Å². The average molecular weight is 395 g/mol. The summed E-state index contributed by atoms with van der Waals surface area (Å²) in [5.41, 5.74) is 6.01. The lowest BCUT2D eigenvalue weighted by atomic mass is 10.1. The first-order valence-electron chi connectivity index (χ1n) is 9.12. The van der Waals surface area contributed by atoms with Crippen LogP contribution in [-0.2, 0) is 0 Å². The molecule has 0 saturated heterocycles. The second-order valence-corrected chi connectivity index (χ2v) is 6.78. The zero-order chi connectivity index (χ0) is 20.1. The van der Waals surface area contributed by atoms with Crippen molar-refractivity contribution in [1.82, 2.24) is 35.1 Å². The van der Waals surface area contributed by atoms with Gasteiger partial charge in [-0.05, 0) is 24.3 Å². The van der Waals surface area contributed by atoms with Gasteiger partial charge in [0.25, 0.3) is 0 Å². The second-order valence-electron chi connectivity index (χ2n) is 6.78. The highest BCUT2D eigenvalue weighted by Crippen LogP contribution is 2.31. The number of aromatic nitrogens is 7. The van der Waals surface area contributed by atoms with Crippen molar-refractivity contribution in [3.63, 3.8) is 0 Å². The quantitative estimate of drug-likeness (QED) is 0.414. The van der Waals surface area contributed by atoms with Crippen molar-refractivity contribution >= 4 is 22.1 Å². The van der Waals surface area contributed by atoms with Crippen LogP contribution < -0.4 is 0 Å². The molecule has 30 heavy (non-hydrogen) atoms. The first-order valence-corrected chi connectivity index (χ1v) is 9.12. The molecule has 3 N–H and O–H groups in total. The van der Waals surface area contributed by atoms with Gasteiger partial charge in [0, 0.05) is 35.3 Å². The lowest BCUT2D eigenvalue weighted by Crippen LogP contribution is -1.85. The molecule has 0 aliphatic rings. The number of nitrogens with one attached hydrogen (secondary N) is 2. The largest absolute Gasteiger partial charge is 0.506 e. The van der Waals surface area contributed by atoms with Crippen molar-refractivity contribution in [2.75, 3.05) is 0 Å². The molecule has 144 valence electrons. The van der Waals surface area contributed by atoms with Crippen LogP contribution in [0, 0.1) is 0 Å². The van der Waals surface area contributed by atoms with Gasteiger partial charge in [-0.1, -0.05) is 0 Å². The predicted molar refractivity (Wildman–Crippen MR) is 109 cm³/mol. The van der Waals surface area contributed by atoms with E-state index in [9.17, 15) is 5.11 Å². The molecule has 0 unspecified atom stereocenters. The SMILES string of the molecule is Oc1cncc(-c2cnc3n[nH]c(-c4nc5c(-c6ccoc6)nccc5[nH]4)c3c2)c1. The molecule has 6 rings (SSSR count). The van der Waals surface area contributed by atoms with Gasteiger partial charge in [0.1, 0.15) is 22.7 Å². The van der Waals surface area contributed by atoms with Crippen molar-refractivity contribution in [2.24, 2.45) is 0 Å². The summed E-state index contributed by atoms with van der Waals surface area (Å²) in [7, 11) is 0. The highest BCUT2D eigenvalue weighted by Gasteiger charge is 2.17. The minimum Gasteiger partial charge on any atom is -0.506 e. The molecule has 6 aromatic heterocycles. The van der Waals surface area contributed by atoms with E-state index in [2.05, 4.69) is 30.1 Å². The summed E-state index contributed by atoms with van der Waals surface area (Å²) in [5.74, 6) is 0.717. The number of hydrogen-bond acceptors (Lipinski definition) is 7. The summed E-state index contributed by atoms with van der Waals surface area (Å²) in [5, 5.41) is 17.9. The number of aromatic hydroxyl groups is 1. The maximum atomic E-state index is 9.74. The van der Waals surface area contributed by atoms with Crippen LogP contribution in [-0.4, -0.2) is 40.2 Å². The van der Waals surface area contributed by atoms with Gasteiger partial charge < -0.3 is 14.5 Å². The second kappa shape index (κ2) is 6.24. The molecule has 9 nitrogen and oxygen atoms in total. The van der Waals surface area contributed by atoms with Crippen molar-refractivity contribution in [3.8, 4) is 39.7 Å². The predicted octanol–water partition coefficient (Wildman–Crippen LogP) is 3.92. The summed E-state index contributed by atoms with van der Waals surface area (Å²) in [6.45, 7) is 0. The molecule has 0 amide bonds. The summed E-state index contributed by atoms with van der Waals surface area (Å²) >= 11 is 0. The van der Waals surface area contributed by atoms with Crippen molar-refractivity contribution in [2.45, 2.75) is 0 Å². The molecular weight excluding hydrogens is 382 g/mol. The van der Waals surface area contributed by atoms with Crippen molar-refractivity contribution in [1.29, 1.82) is 0 Å². The number of aromatic amines is 2. The van der Waals surface area contributed by atoms with Crippen LogP contribution in [0.2, 0.25) is 0 Å². The van der Waals surface area contributed by atoms with Gasteiger partial charge in [0.05, 0.1) is 29.6 Å². The molecule has 0 aliphatic heterocycles. The third kappa shape index (κ3) is 2.53. The zero-order valence-electron chi connectivity index (χ0n) is 15.4. The number of H-pyrrole nitrogens is 2. The Kier molecular flexibility index (Phi) is 3.42. The van der Waals surface area contributed by atoms with Gasteiger partial charge in [0.15, 0.2) is 11.5 Å². The van der Waals surface area contributed by atoms with E-state index in [0.29, 0.717) is 17.2 Å². The Bertz CT molecular complexity index is 1520. The van der Waals surface area contributed by atoms with Crippen LogP contribution in [0.4, 0.5) is 0 Å². The lowest BCUT2D eigenvalue weighted by molar-refractivity contribution is 0.473. The number of furan rings is 1. The Balaban J connectivity index is 1.52. The summed E-state index contributed by atoms with van der Waals surface area (Å²) in [6.07, 6.45) is 9.73. The van der Waals surface area contributed by atoms with Crippen LogP contribution in [0.3, 0.4) is 0 Å². The van der Waals surface area contributed by atoms with E-state index in [-0.39, 0.29) is 5.75 Å². The molecule has 6 heterocycles. The van der Waals surface area contributed by atoms with E-state index < -0.39 is 0 Å². The Morgan fingerprint density at radius 2 is 1.90 bits per heavy atom.